The van der Waals surface area contributed by atoms with Crippen LogP contribution in [-0.2, 0) is 11.3 Å². The Kier molecular flexibility index (Phi) is 4.75. The third-order valence-electron chi connectivity index (χ3n) is 2.17. The summed E-state index contributed by atoms with van der Waals surface area (Å²) in [5.41, 5.74) is 6.40. The average Bonchev–Trinajstić information content (AvgIpc) is 2.29. The first-order chi connectivity index (χ1) is 7.63. The second-order valence-electron chi connectivity index (χ2n) is 3.42. The van der Waals surface area contributed by atoms with Crippen LogP contribution in [0.4, 0.5) is 0 Å². The maximum absolute atomic E-state index is 10.4. The monoisotopic (exact) mass is 224 g/mol. The van der Waals surface area contributed by atoms with Crippen molar-refractivity contribution in [1.29, 1.82) is 0 Å². The number of carboxylic acid groups (broad SMARTS) is 1. The molecule has 0 amide bonds. The van der Waals surface area contributed by atoms with Crippen LogP contribution in [0.3, 0.4) is 0 Å². The van der Waals surface area contributed by atoms with E-state index in [1.165, 1.54) is 0 Å². The SMILES string of the molecule is COc1ccc(CNCC(N)C(=O)O)cc1. The molecule has 1 aromatic rings. The van der Waals surface area contributed by atoms with Gasteiger partial charge in [-0.05, 0) is 17.7 Å². The predicted octanol–water partition coefficient (Wildman–Crippen LogP) is 0.197. The number of nitrogens with one attached hydrogen (secondary N) is 1. The van der Waals surface area contributed by atoms with Crippen molar-refractivity contribution in [2.24, 2.45) is 5.73 Å². The Morgan fingerprint density at radius 1 is 1.50 bits per heavy atom. The van der Waals surface area contributed by atoms with Crippen LogP contribution in [0.2, 0.25) is 0 Å². The highest BCUT2D eigenvalue weighted by Gasteiger charge is 2.09. The van der Waals surface area contributed by atoms with Gasteiger partial charge in [-0.1, -0.05) is 12.1 Å². The smallest absolute Gasteiger partial charge is 0.321 e. The second kappa shape index (κ2) is 6.09. The lowest BCUT2D eigenvalue weighted by Gasteiger charge is -2.08. The van der Waals surface area contributed by atoms with Gasteiger partial charge in [0.2, 0.25) is 0 Å². The van der Waals surface area contributed by atoms with E-state index in [1.54, 1.807) is 7.11 Å². The van der Waals surface area contributed by atoms with Crippen LogP contribution in [0.25, 0.3) is 0 Å². The molecule has 4 N–H and O–H groups in total. The first kappa shape index (κ1) is 12.5. The highest BCUT2D eigenvalue weighted by Crippen LogP contribution is 2.10. The molecule has 0 aliphatic carbocycles. The van der Waals surface area contributed by atoms with Gasteiger partial charge in [0.1, 0.15) is 11.8 Å². The van der Waals surface area contributed by atoms with Crippen LogP contribution in [0.5, 0.6) is 5.75 Å². The number of nitrogens with two attached hydrogens (primary N) is 1. The summed E-state index contributed by atoms with van der Waals surface area (Å²) in [6, 6.07) is 6.68. The van der Waals surface area contributed by atoms with Gasteiger partial charge in [-0.2, -0.15) is 0 Å². The van der Waals surface area contributed by atoms with Gasteiger partial charge in [0.15, 0.2) is 0 Å². The van der Waals surface area contributed by atoms with Gasteiger partial charge in [-0.25, -0.2) is 0 Å². The topological polar surface area (TPSA) is 84.6 Å². The molecule has 0 radical (unpaired) electrons. The highest BCUT2D eigenvalue weighted by molar-refractivity contribution is 5.73. The van der Waals surface area contributed by atoms with Crippen molar-refractivity contribution >= 4 is 5.97 Å². The number of ether oxygens (including phenoxy) is 1. The van der Waals surface area contributed by atoms with E-state index in [9.17, 15) is 4.79 Å². The molecule has 0 aliphatic heterocycles. The van der Waals surface area contributed by atoms with Crippen LogP contribution in [0.15, 0.2) is 24.3 Å². The van der Waals surface area contributed by atoms with Crippen molar-refractivity contribution in [1.82, 2.24) is 5.32 Å². The molecule has 1 atom stereocenters. The zero-order valence-corrected chi connectivity index (χ0v) is 9.14. The van der Waals surface area contributed by atoms with Gasteiger partial charge in [-0.3, -0.25) is 4.79 Å². The van der Waals surface area contributed by atoms with Gasteiger partial charge < -0.3 is 20.9 Å². The number of rotatable bonds is 6. The largest absolute Gasteiger partial charge is 0.497 e. The van der Waals surface area contributed by atoms with Crippen molar-refractivity contribution in [2.75, 3.05) is 13.7 Å². The third-order valence-corrected chi connectivity index (χ3v) is 2.17. The van der Waals surface area contributed by atoms with Crippen molar-refractivity contribution in [2.45, 2.75) is 12.6 Å². The van der Waals surface area contributed by atoms with Gasteiger partial charge >= 0.3 is 5.97 Å². The van der Waals surface area contributed by atoms with E-state index >= 15 is 0 Å². The molecule has 5 heteroatoms. The van der Waals surface area contributed by atoms with Crippen LogP contribution < -0.4 is 15.8 Å². The molecule has 0 fully saturated rings. The Morgan fingerprint density at radius 3 is 2.62 bits per heavy atom. The molecule has 1 rings (SSSR count). The Labute approximate surface area is 94.2 Å². The lowest BCUT2D eigenvalue weighted by Crippen LogP contribution is -2.40. The quantitative estimate of drug-likeness (QED) is 0.642. The van der Waals surface area contributed by atoms with E-state index in [4.69, 9.17) is 15.6 Å². The van der Waals surface area contributed by atoms with Crippen LogP contribution in [0.1, 0.15) is 5.56 Å². The first-order valence-electron chi connectivity index (χ1n) is 4.95. The fraction of sp³-hybridized carbons (Fsp3) is 0.364. The van der Waals surface area contributed by atoms with Crippen molar-refractivity contribution in [3.8, 4) is 5.75 Å². The summed E-state index contributed by atoms with van der Waals surface area (Å²) in [6.07, 6.45) is 0. The minimum absolute atomic E-state index is 0.251. The number of hydrogen-bond acceptors (Lipinski definition) is 4. The minimum atomic E-state index is -0.998. The summed E-state index contributed by atoms with van der Waals surface area (Å²) in [5.74, 6) is -0.201. The molecular weight excluding hydrogens is 208 g/mol. The summed E-state index contributed by atoms with van der Waals surface area (Å²) in [7, 11) is 1.61. The van der Waals surface area contributed by atoms with E-state index in [1.807, 2.05) is 24.3 Å². The Bertz CT molecular complexity index is 338. The number of methoxy groups -OCH3 is 1. The molecule has 1 aromatic carbocycles. The van der Waals surface area contributed by atoms with Gasteiger partial charge in [0, 0.05) is 13.1 Å². The molecule has 88 valence electrons. The Morgan fingerprint density at radius 2 is 2.12 bits per heavy atom. The summed E-state index contributed by atoms with van der Waals surface area (Å²) < 4.78 is 5.03. The summed E-state index contributed by atoms with van der Waals surface area (Å²) in [6.45, 7) is 0.840. The molecule has 0 spiro atoms. The zero-order valence-electron chi connectivity index (χ0n) is 9.14. The summed E-state index contributed by atoms with van der Waals surface area (Å²) in [4.78, 5) is 10.4. The highest BCUT2D eigenvalue weighted by atomic mass is 16.5. The fourth-order valence-electron chi connectivity index (χ4n) is 1.20. The van der Waals surface area contributed by atoms with Crippen molar-refractivity contribution < 1.29 is 14.6 Å². The number of carboxylic acids is 1. The summed E-state index contributed by atoms with van der Waals surface area (Å²) in [5, 5.41) is 11.5. The molecule has 0 aromatic heterocycles. The average molecular weight is 224 g/mol. The van der Waals surface area contributed by atoms with Crippen molar-refractivity contribution in [3.63, 3.8) is 0 Å². The molecule has 5 nitrogen and oxygen atoms in total. The van der Waals surface area contributed by atoms with Crippen LogP contribution >= 0.6 is 0 Å². The van der Waals surface area contributed by atoms with Gasteiger partial charge in [0.25, 0.3) is 0 Å². The molecule has 0 bridgehead atoms. The third kappa shape index (κ3) is 3.88. The van der Waals surface area contributed by atoms with Crippen LogP contribution in [0, 0.1) is 0 Å². The molecule has 0 saturated carbocycles. The zero-order chi connectivity index (χ0) is 12.0. The van der Waals surface area contributed by atoms with E-state index in [-0.39, 0.29) is 6.54 Å². The normalized spacial score (nSPS) is 12.1. The van der Waals surface area contributed by atoms with Gasteiger partial charge in [-0.15, -0.1) is 0 Å². The minimum Gasteiger partial charge on any atom is -0.497 e. The van der Waals surface area contributed by atoms with Gasteiger partial charge in [0.05, 0.1) is 7.11 Å². The van der Waals surface area contributed by atoms with Crippen molar-refractivity contribution in [3.05, 3.63) is 29.8 Å². The lowest BCUT2D eigenvalue weighted by molar-refractivity contribution is -0.138. The number of benzene rings is 1. The molecule has 1 unspecified atom stereocenters. The molecule has 0 aliphatic rings. The maximum atomic E-state index is 10.4. The Balaban J connectivity index is 2.34. The fourth-order valence-corrected chi connectivity index (χ4v) is 1.20. The molecule has 0 saturated heterocycles. The maximum Gasteiger partial charge on any atom is 0.321 e. The standard InChI is InChI=1S/C11H16N2O3/c1-16-9-4-2-8(3-5-9)6-13-7-10(12)11(14)15/h2-5,10,13H,6-7,12H2,1H3,(H,14,15). The van der Waals surface area contributed by atoms with Crippen LogP contribution in [-0.4, -0.2) is 30.8 Å². The summed E-state index contributed by atoms with van der Waals surface area (Å²) >= 11 is 0. The van der Waals surface area contributed by atoms with E-state index in [0.717, 1.165) is 11.3 Å². The van der Waals surface area contributed by atoms with E-state index in [2.05, 4.69) is 5.32 Å². The number of aliphatic carboxylic acids is 1. The molecule has 16 heavy (non-hydrogen) atoms. The second-order valence-corrected chi connectivity index (χ2v) is 3.42. The first-order valence-corrected chi connectivity index (χ1v) is 4.95. The number of carbonyl (C=O) groups is 1. The lowest BCUT2D eigenvalue weighted by atomic mass is 10.2. The Hall–Kier alpha value is -1.59. The van der Waals surface area contributed by atoms with E-state index in [0.29, 0.717) is 6.54 Å². The number of hydrogen-bond donors (Lipinski definition) is 3. The molecular formula is C11H16N2O3. The predicted molar refractivity (Wildman–Crippen MR) is 60.3 cm³/mol. The van der Waals surface area contributed by atoms with E-state index < -0.39 is 12.0 Å². The molecule has 0 heterocycles.